The first-order chi connectivity index (χ1) is 7.42. The highest BCUT2D eigenvalue weighted by atomic mass is 16.6. The van der Waals surface area contributed by atoms with Crippen LogP contribution >= 0.6 is 0 Å². The molecule has 0 amide bonds. The SMILES string of the molecule is C[C@@H](C(=O)O)c1ccc([C@H]2OC2(C)C)cc1. The molecule has 1 aliphatic heterocycles. The van der Waals surface area contributed by atoms with Crippen molar-refractivity contribution in [3.63, 3.8) is 0 Å². The molecule has 3 heteroatoms. The minimum Gasteiger partial charge on any atom is -0.481 e. The van der Waals surface area contributed by atoms with Crippen LogP contribution in [0.5, 0.6) is 0 Å². The third-order valence-corrected chi connectivity index (χ3v) is 3.11. The number of rotatable bonds is 3. The van der Waals surface area contributed by atoms with E-state index in [9.17, 15) is 4.79 Å². The number of carboxylic acid groups (broad SMARTS) is 1. The van der Waals surface area contributed by atoms with Crippen LogP contribution in [0, 0.1) is 0 Å². The first kappa shape index (κ1) is 11.1. The van der Waals surface area contributed by atoms with Crippen LogP contribution in [0.15, 0.2) is 24.3 Å². The lowest BCUT2D eigenvalue weighted by atomic mass is 9.97. The molecule has 16 heavy (non-hydrogen) atoms. The lowest BCUT2D eigenvalue weighted by Crippen LogP contribution is -2.07. The van der Waals surface area contributed by atoms with E-state index in [-0.39, 0.29) is 11.7 Å². The van der Waals surface area contributed by atoms with Crippen LogP contribution in [0.4, 0.5) is 0 Å². The number of ether oxygens (including phenoxy) is 1. The minimum absolute atomic E-state index is 0.0695. The standard InChI is InChI=1S/C13H16O3/c1-8(12(14)15)9-4-6-10(7-5-9)11-13(2,3)16-11/h4-8,11H,1-3H3,(H,14,15)/t8-,11-/m1/s1. The van der Waals surface area contributed by atoms with Crippen LogP contribution < -0.4 is 0 Å². The third-order valence-electron chi connectivity index (χ3n) is 3.11. The summed E-state index contributed by atoms with van der Waals surface area (Å²) < 4.78 is 5.52. The van der Waals surface area contributed by atoms with E-state index in [0.717, 1.165) is 11.1 Å². The molecule has 1 heterocycles. The van der Waals surface area contributed by atoms with Gasteiger partial charge in [-0.1, -0.05) is 24.3 Å². The molecule has 1 aliphatic rings. The molecule has 1 N–H and O–H groups in total. The van der Waals surface area contributed by atoms with E-state index in [1.165, 1.54) is 0 Å². The topological polar surface area (TPSA) is 49.8 Å². The molecule has 0 radical (unpaired) electrons. The smallest absolute Gasteiger partial charge is 0.310 e. The summed E-state index contributed by atoms with van der Waals surface area (Å²) in [6.45, 7) is 5.78. The van der Waals surface area contributed by atoms with Gasteiger partial charge in [0.2, 0.25) is 0 Å². The quantitative estimate of drug-likeness (QED) is 0.797. The van der Waals surface area contributed by atoms with Gasteiger partial charge in [0.25, 0.3) is 0 Å². The Bertz CT molecular complexity index is 406. The van der Waals surface area contributed by atoms with E-state index >= 15 is 0 Å². The monoisotopic (exact) mass is 220 g/mol. The highest BCUT2D eigenvalue weighted by Gasteiger charge is 2.48. The number of hydrogen-bond donors (Lipinski definition) is 1. The Balaban J connectivity index is 2.14. The molecule has 1 aromatic carbocycles. The van der Waals surface area contributed by atoms with E-state index in [1.54, 1.807) is 6.92 Å². The fraction of sp³-hybridized carbons (Fsp3) is 0.462. The number of carboxylic acids is 1. The minimum atomic E-state index is -0.796. The second kappa shape index (κ2) is 3.59. The van der Waals surface area contributed by atoms with Crippen molar-refractivity contribution in [3.05, 3.63) is 35.4 Å². The zero-order chi connectivity index (χ0) is 11.9. The van der Waals surface area contributed by atoms with Crippen molar-refractivity contribution in [3.8, 4) is 0 Å². The van der Waals surface area contributed by atoms with Crippen molar-refractivity contribution >= 4 is 5.97 Å². The number of hydrogen-bond acceptors (Lipinski definition) is 2. The Kier molecular flexibility index (Phi) is 2.50. The van der Waals surface area contributed by atoms with Crippen molar-refractivity contribution < 1.29 is 14.6 Å². The predicted octanol–water partition coefficient (Wildman–Crippen LogP) is 2.72. The number of carbonyl (C=O) groups is 1. The summed E-state index contributed by atoms with van der Waals surface area (Å²) in [6, 6.07) is 7.64. The second-order valence-electron chi connectivity index (χ2n) is 4.83. The van der Waals surface area contributed by atoms with E-state index in [4.69, 9.17) is 9.84 Å². The normalized spacial score (nSPS) is 23.8. The summed E-state index contributed by atoms with van der Waals surface area (Å²) in [4.78, 5) is 10.8. The average molecular weight is 220 g/mol. The molecule has 0 bridgehead atoms. The molecule has 2 atom stereocenters. The molecular weight excluding hydrogens is 204 g/mol. The van der Waals surface area contributed by atoms with E-state index in [0.29, 0.717) is 0 Å². The molecular formula is C13H16O3. The molecule has 1 saturated heterocycles. The van der Waals surface area contributed by atoms with Gasteiger partial charge in [0.1, 0.15) is 6.10 Å². The molecule has 1 aromatic rings. The Hall–Kier alpha value is -1.35. The Labute approximate surface area is 95.0 Å². The van der Waals surface area contributed by atoms with Crippen molar-refractivity contribution in [1.82, 2.24) is 0 Å². The van der Waals surface area contributed by atoms with Gasteiger partial charge in [-0.25, -0.2) is 0 Å². The van der Waals surface area contributed by atoms with Crippen LogP contribution in [0.3, 0.4) is 0 Å². The highest BCUT2D eigenvalue weighted by molar-refractivity contribution is 5.75. The van der Waals surface area contributed by atoms with Crippen molar-refractivity contribution in [2.45, 2.75) is 38.4 Å². The molecule has 0 unspecified atom stereocenters. The van der Waals surface area contributed by atoms with Crippen molar-refractivity contribution in [2.75, 3.05) is 0 Å². The zero-order valence-electron chi connectivity index (χ0n) is 9.73. The molecule has 2 rings (SSSR count). The summed E-state index contributed by atoms with van der Waals surface area (Å²) in [5.41, 5.74) is 1.88. The van der Waals surface area contributed by atoms with Crippen LogP contribution in [0.25, 0.3) is 0 Å². The van der Waals surface area contributed by atoms with Gasteiger partial charge in [-0.15, -0.1) is 0 Å². The third kappa shape index (κ3) is 1.95. The fourth-order valence-electron chi connectivity index (χ4n) is 1.84. The lowest BCUT2D eigenvalue weighted by molar-refractivity contribution is -0.138. The van der Waals surface area contributed by atoms with Crippen LogP contribution in [-0.4, -0.2) is 16.7 Å². The summed E-state index contributed by atoms with van der Waals surface area (Å²) in [5.74, 6) is -1.25. The van der Waals surface area contributed by atoms with Gasteiger partial charge >= 0.3 is 5.97 Å². The first-order valence-electron chi connectivity index (χ1n) is 5.42. The number of benzene rings is 1. The van der Waals surface area contributed by atoms with Crippen LogP contribution in [0.1, 0.15) is 43.9 Å². The lowest BCUT2D eigenvalue weighted by Gasteiger charge is -2.07. The largest absolute Gasteiger partial charge is 0.481 e. The molecule has 3 nitrogen and oxygen atoms in total. The van der Waals surface area contributed by atoms with Crippen LogP contribution in [0.2, 0.25) is 0 Å². The summed E-state index contributed by atoms with van der Waals surface area (Å²) in [5, 5.41) is 8.88. The van der Waals surface area contributed by atoms with Gasteiger partial charge < -0.3 is 9.84 Å². The van der Waals surface area contributed by atoms with Gasteiger partial charge in [-0.2, -0.15) is 0 Å². The summed E-state index contributed by atoms with van der Waals surface area (Å²) >= 11 is 0. The van der Waals surface area contributed by atoms with Gasteiger partial charge in [0.05, 0.1) is 11.5 Å². The predicted molar refractivity (Wildman–Crippen MR) is 60.4 cm³/mol. The maximum Gasteiger partial charge on any atom is 0.310 e. The van der Waals surface area contributed by atoms with Gasteiger partial charge in [-0.05, 0) is 31.9 Å². The van der Waals surface area contributed by atoms with Gasteiger partial charge in [-0.3, -0.25) is 4.79 Å². The maximum atomic E-state index is 10.8. The zero-order valence-corrected chi connectivity index (χ0v) is 9.73. The molecule has 0 spiro atoms. The molecule has 1 fully saturated rings. The van der Waals surface area contributed by atoms with E-state index in [2.05, 4.69) is 0 Å². The average Bonchev–Trinajstić information content (AvgIpc) is 2.87. The fourth-order valence-corrected chi connectivity index (χ4v) is 1.84. The van der Waals surface area contributed by atoms with E-state index in [1.807, 2.05) is 38.1 Å². The Morgan fingerprint density at radius 3 is 2.25 bits per heavy atom. The second-order valence-corrected chi connectivity index (χ2v) is 4.83. The van der Waals surface area contributed by atoms with Crippen molar-refractivity contribution in [2.24, 2.45) is 0 Å². The van der Waals surface area contributed by atoms with Gasteiger partial charge in [0, 0.05) is 0 Å². The van der Waals surface area contributed by atoms with Gasteiger partial charge in [0.15, 0.2) is 0 Å². The highest BCUT2D eigenvalue weighted by Crippen LogP contribution is 2.48. The first-order valence-corrected chi connectivity index (χ1v) is 5.42. The number of aliphatic carboxylic acids is 1. The van der Waals surface area contributed by atoms with Crippen LogP contribution in [-0.2, 0) is 9.53 Å². The molecule has 86 valence electrons. The molecule has 0 aromatic heterocycles. The van der Waals surface area contributed by atoms with E-state index < -0.39 is 11.9 Å². The summed E-state index contributed by atoms with van der Waals surface area (Å²) in [7, 11) is 0. The van der Waals surface area contributed by atoms with Crippen molar-refractivity contribution in [1.29, 1.82) is 0 Å². The molecule has 0 saturated carbocycles. The Morgan fingerprint density at radius 2 is 1.88 bits per heavy atom. The summed E-state index contributed by atoms with van der Waals surface area (Å²) in [6.07, 6.45) is 0.154. The molecule has 0 aliphatic carbocycles. The number of epoxide rings is 1. The maximum absolute atomic E-state index is 10.8. The Morgan fingerprint density at radius 1 is 1.38 bits per heavy atom.